The summed E-state index contributed by atoms with van der Waals surface area (Å²) >= 11 is 4.78. The average molecular weight is 411 g/mol. The van der Waals surface area contributed by atoms with Gasteiger partial charge in [0.2, 0.25) is 0 Å². The summed E-state index contributed by atoms with van der Waals surface area (Å²) in [5, 5.41) is 2.41. The van der Waals surface area contributed by atoms with Crippen molar-refractivity contribution in [3.05, 3.63) is 78.6 Å². The Morgan fingerprint density at radius 3 is 2.33 bits per heavy atom. The highest BCUT2D eigenvalue weighted by molar-refractivity contribution is 7.78. The quantitative estimate of drug-likeness (QED) is 0.302. The van der Waals surface area contributed by atoms with Crippen LogP contribution in [0.3, 0.4) is 0 Å². The molecule has 1 aromatic carbocycles. The van der Waals surface area contributed by atoms with Crippen LogP contribution in [0.5, 0.6) is 5.75 Å². The zero-order valence-corrected chi connectivity index (χ0v) is 17.4. The molecule has 4 rings (SSSR count). The van der Waals surface area contributed by atoms with Gasteiger partial charge in [0.25, 0.3) is 0 Å². The summed E-state index contributed by atoms with van der Waals surface area (Å²) in [5.74, 6) is 0.635. The van der Waals surface area contributed by atoms with Gasteiger partial charge in [0, 0.05) is 11.9 Å². The summed E-state index contributed by atoms with van der Waals surface area (Å²) in [5.41, 5.74) is 6.60. The molecule has 4 aromatic rings. The van der Waals surface area contributed by atoms with Gasteiger partial charge in [0.15, 0.2) is 0 Å². The predicted octanol–water partition coefficient (Wildman–Crippen LogP) is 5.92. The highest BCUT2D eigenvalue weighted by atomic mass is 32.1. The van der Waals surface area contributed by atoms with Gasteiger partial charge in [-0.2, -0.15) is 4.99 Å². The number of rotatable bonds is 5. The van der Waals surface area contributed by atoms with Crippen molar-refractivity contribution in [2.75, 3.05) is 7.11 Å². The summed E-state index contributed by atoms with van der Waals surface area (Å²) in [6.07, 6.45) is 1.76. The van der Waals surface area contributed by atoms with Gasteiger partial charge < -0.3 is 4.74 Å². The summed E-state index contributed by atoms with van der Waals surface area (Å²) in [7, 11) is 1.60. The Labute approximate surface area is 180 Å². The Morgan fingerprint density at radius 1 is 0.833 bits per heavy atom. The van der Waals surface area contributed by atoms with E-state index in [1.54, 1.807) is 13.3 Å². The lowest BCUT2D eigenvalue weighted by molar-refractivity contribution is 0.416. The minimum Gasteiger partial charge on any atom is -0.494 e. The van der Waals surface area contributed by atoms with Crippen LogP contribution in [-0.4, -0.2) is 27.2 Å². The van der Waals surface area contributed by atoms with E-state index in [9.17, 15) is 0 Å². The molecule has 30 heavy (non-hydrogen) atoms. The van der Waals surface area contributed by atoms with Crippen LogP contribution in [0.4, 0.5) is 5.69 Å². The van der Waals surface area contributed by atoms with Gasteiger partial charge in [0.05, 0.1) is 35.0 Å². The van der Waals surface area contributed by atoms with Crippen LogP contribution in [0.15, 0.2) is 77.9 Å². The molecule has 0 radical (unpaired) electrons. The molecular formula is C24H18N4OS. The van der Waals surface area contributed by atoms with Gasteiger partial charge in [-0.3, -0.25) is 9.97 Å². The number of isothiocyanates is 1. The molecule has 146 valence electrons. The van der Waals surface area contributed by atoms with Crippen LogP contribution >= 0.6 is 12.2 Å². The molecule has 0 aliphatic rings. The van der Waals surface area contributed by atoms with E-state index in [1.807, 2.05) is 73.7 Å². The number of methoxy groups -OCH3 is 1. The van der Waals surface area contributed by atoms with E-state index in [1.165, 1.54) is 0 Å². The molecule has 0 bridgehead atoms. The van der Waals surface area contributed by atoms with Crippen molar-refractivity contribution in [1.29, 1.82) is 0 Å². The fraction of sp³-hybridized carbons (Fsp3) is 0.0833. The topological polar surface area (TPSA) is 60.3 Å². The number of thiocarbonyl (C=S) groups is 1. The van der Waals surface area contributed by atoms with Crippen LogP contribution < -0.4 is 4.74 Å². The number of hydrogen-bond donors (Lipinski definition) is 0. The molecule has 0 aliphatic carbocycles. The molecule has 0 amide bonds. The third-order valence-electron chi connectivity index (χ3n) is 4.58. The first kappa shape index (κ1) is 19.6. The third-order valence-corrected chi connectivity index (χ3v) is 4.67. The Hall–Kier alpha value is -3.73. The normalized spacial score (nSPS) is 10.3. The van der Waals surface area contributed by atoms with E-state index < -0.39 is 0 Å². The molecule has 3 aromatic heterocycles. The van der Waals surface area contributed by atoms with E-state index in [-0.39, 0.29) is 0 Å². The first-order valence-electron chi connectivity index (χ1n) is 9.32. The molecule has 0 unspecified atom stereocenters. The molecule has 0 N–H and O–H groups in total. The number of pyridine rings is 3. The summed E-state index contributed by atoms with van der Waals surface area (Å²) < 4.78 is 5.38. The first-order valence-corrected chi connectivity index (χ1v) is 9.72. The Morgan fingerprint density at radius 2 is 1.63 bits per heavy atom. The molecule has 6 heteroatoms. The Bertz CT molecular complexity index is 1250. The lowest BCUT2D eigenvalue weighted by Crippen LogP contribution is -1.95. The van der Waals surface area contributed by atoms with E-state index in [0.29, 0.717) is 11.4 Å². The van der Waals surface area contributed by atoms with Gasteiger partial charge >= 0.3 is 0 Å². The van der Waals surface area contributed by atoms with Crippen molar-refractivity contribution < 1.29 is 4.74 Å². The van der Waals surface area contributed by atoms with Crippen LogP contribution in [0, 0.1) is 6.92 Å². The highest BCUT2D eigenvalue weighted by Gasteiger charge is 2.12. The molecule has 0 atom stereocenters. The Balaban J connectivity index is 1.92. The molecule has 0 fully saturated rings. The monoisotopic (exact) mass is 410 g/mol. The van der Waals surface area contributed by atoms with Crippen molar-refractivity contribution in [2.45, 2.75) is 6.92 Å². The second-order valence-electron chi connectivity index (χ2n) is 6.60. The van der Waals surface area contributed by atoms with E-state index in [0.717, 1.165) is 39.6 Å². The maximum atomic E-state index is 5.38. The van der Waals surface area contributed by atoms with Crippen molar-refractivity contribution in [3.8, 4) is 39.7 Å². The van der Waals surface area contributed by atoms with E-state index >= 15 is 0 Å². The van der Waals surface area contributed by atoms with Crippen LogP contribution in [0.1, 0.15) is 5.69 Å². The number of nitrogens with zero attached hydrogens (tertiary/aromatic N) is 4. The first-order chi connectivity index (χ1) is 14.7. The third kappa shape index (κ3) is 4.15. The molecule has 3 heterocycles. The van der Waals surface area contributed by atoms with Crippen molar-refractivity contribution in [3.63, 3.8) is 0 Å². The number of aliphatic imine (C=N–C) groups is 1. The van der Waals surface area contributed by atoms with E-state index in [2.05, 4.69) is 20.1 Å². The number of hydrogen-bond acceptors (Lipinski definition) is 6. The molecule has 0 aliphatic heterocycles. The van der Waals surface area contributed by atoms with Gasteiger partial charge in [0.1, 0.15) is 11.4 Å². The standard InChI is InChI=1S/C24H18N4OS/c1-16-6-5-8-20(27-16)22-14-18(13-21(28-22)19-7-3-4-11-25-19)17-9-10-24(29-2)23(12-17)26-15-30/h3-14H,1-2H3. The number of ether oxygens (including phenoxy) is 1. The number of benzene rings is 1. The second-order valence-corrected chi connectivity index (χ2v) is 6.78. The summed E-state index contributed by atoms with van der Waals surface area (Å²) in [6, 6.07) is 21.5. The zero-order chi connectivity index (χ0) is 20.9. The largest absolute Gasteiger partial charge is 0.494 e. The van der Waals surface area contributed by atoms with Crippen molar-refractivity contribution in [1.82, 2.24) is 15.0 Å². The maximum absolute atomic E-state index is 5.38. The van der Waals surface area contributed by atoms with Crippen LogP contribution in [0.25, 0.3) is 33.9 Å². The van der Waals surface area contributed by atoms with E-state index in [4.69, 9.17) is 21.9 Å². The SMILES string of the molecule is COc1ccc(-c2cc(-c3ccccn3)nc(-c3cccc(C)n3)c2)cc1N=C=S. The summed E-state index contributed by atoms with van der Waals surface area (Å²) in [6.45, 7) is 1.96. The fourth-order valence-electron chi connectivity index (χ4n) is 3.17. The van der Waals surface area contributed by atoms with Gasteiger partial charge in [-0.25, -0.2) is 4.98 Å². The molecule has 0 saturated carbocycles. The van der Waals surface area contributed by atoms with Gasteiger partial charge in [-0.05, 0) is 78.8 Å². The van der Waals surface area contributed by atoms with Crippen LogP contribution in [-0.2, 0) is 0 Å². The lowest BCUT2D eigenvalue weighted by atomic mass is 10.0. The minimum absolute atomic E-state index is 0.622. The zero-order valence-electron chi connectivity index (χ0n) is 16.5. The number of aromatic nitrogens is 3. The predicted molar refractivity (Wildman–Crippen MR) is 122 cm³/mol. The van der Waals surface area contributed by atoms with Crippen molar-refractivity contribution >= 4 is 23.1 Å². The maximum Gasteiger partial charge on any atom is 0.145 e. The molecule has 0 spiro atoms. The second kappa shape index (κ2) is 8.74. The van der Waals surface area contributed by atoms with Gasteiger partial charge in [-0.15, -0.1) is 0 Å². The van der Waals surface area contributed by atoms with Crippen molar-refractivity contribution in [2.24, 2.45) is 4.99 Å². The molecule has 0 saturated heterocycles. The van der Waals surface area contributed by atoms with Gasteiger partial charge in [-0.1, -0.05) is 18.2 Å². The number of aryl methyl sites for hydroxylation is 1. The average Bonchev–Trinajstić information content (AvgIpc) is 2.79. The smallest absolute Gasteiger partial charge is 0.145 e. The minimum atomic E-state index is 0.622. The highest BCUT2D eigenvalue weighted by Crippen LogP contribution is 2.35. The molecular weight excluding hydrogens is 392 g/mol. The lowest BCUT2D eigenvalue weighted by Gasteiger charge is -2.11. The fourth-order valence-corrected chi connectivity index (χ4v) is 3.26. The molecule has 5 nitrogen and oxygen atoms in total. The summed E-state index contributed by atoms with van der Waals surface area (Å²) in [4.78, 5) is 18.1. The van der Waals surface area contributed by atoms with Crippen LogP contribution in [0.2, 0.25) is 0 Å². The Kier molecular flexibility index (Phi) is 5.70.